The topological polar surface area (TPSA) is 32.8 Å². The molecule has 0 fully saturated rings. The molecular formula is C111H102B2N2O2S2. The lowest BCUT2D eigenvalue weighted by Gasteiger charge is -2.46. The second kappa shape index (κ2) is 28.0. The summed E-state index contributed by atoms with van der Waals surface area (Å²) in [7, 11) is 0. The van der Waals surface area contributed by atoms with Gasteiger partial charge >= 0.3 is 0 Å². The summed E-state index contributed by atoms with van der Waals surface area (Å²) >= 11 is 3.90. The van der Waals surface area contributed by atoms with Gasteiger partial charge in [0.2, 0.25) is 13.4 Å². The lowest BCUT2D eigenvalue weighted by molar-refractivity contribution is 0.360. The fraction of sp³-hybridized carbons (Fsp3) is 0.225. The highest BCUT2D eigenvalue weighted by Gasteiger charge is 2.48. The molecule has 14 aromatic carbocycles. The number of nitrogens with zero attached hydrogens (tertiary/aromatic N) is 2. The van der Waals surface area contributed by atoms with Gasteiger partial charge in [-0.05, 0) is 212 Å². The fourth-order valence-electron chi connectivity index (χ4n) is 19.3. The SMILES string of the molecule is C=C(C(CN1c2cc3c(cc2B2c4ccc(-c5cc(C(C)(C)C)cc(C(C)(C)C)c5)cc4Sc4cc(-c5ccc6oc7ccccc7c6c5)cc1c42)B1c2ccc(-c4cc(C(C)(C)C)cc(C(C)(C)C)c4)cc2Sc2cc(-c4ccc5oc6ccccc6c5c4)cc(c21)N3c1c(-c2ccccc2)cccc1-c1ccccc1)C(C)C)C(C)(C)C. The zero-order valence-corrected chi connectivity index (χ0v) is 73.4. The maximum atomic E-state index is 6.63. The second-order valence-electron chi connectivity index (χ2n) is 39.6. The van der Waals surface area contributed by atoms with Crippen molar-refractivity contribution in [3.8, 4) is 66.8 Å². The molecule has 0 amide bonds. The summed E-state index contributed by atoms with van der Waals surface area (Å²) in [6.45, 7) is 45.7. The molecule has 2 aromatic heterocycles. The minimum Gasteiger partial charge on any atom is -0.456 e. The van der Waals surface area contributed by atoms with Crippen molar-refractivity contribution in [3.05, 3.63) is 307 Å². The van der Waals surface area contributed by atoms with Crippen LogP contribution in [-0.4, -0.2) is 20.0 Å². The Morgan fingerprint density at radius 3 is 1.16 bits per heavy atom. The van der Waals surface area contributed by atoms with Crippen LogP contribution in [0.2, 0.25) is 0 Å². The molecule has 586 valence electrons. The van der Waals surface area contributed by atoms with Gasteiger partial charge in [-0.15, -0.1) is 0 Å². The first-order chi connectivity index (χ1) is 56.8. The summed E-state index contributed by atoms with van der Waals surface area (Å²) in [6.07, 6.45) is 0. The molecule has 4 nitrogen and oxygen atoms in total. The molecular weight excluding hydrogens is 1480 g/mol. The van der Waals surface area contributed by atoms with Crippen molar-refractivity contribution in [2.45, 2.75) is 159 Å². The summed E-state index contributed by atoms with van der Waals surface area (Å²) in [4.78, 5) is 10.6. The molecule has 1 atom stereocenters. The van der Waals surface area contributed by atoms with Crippen molar-refractivity contribution >= 4 is 142 Å². The number of furan rings is 2. The highest BCUT2D eigenvalue weighted by Crippen LogP contribution is 2.54. The molecule has 0 saturated carbocycles. The molecule has 4 aliphatic rings. The van der Waals surface area contributed by atoms with Crippen molar-refractivity contribution in [1.82, 2.24) is 0 Å². The van der Waals surface area contributed by atoms with Gasteiger partial charge in [0.05, 0.1) is 5.69 Å². The maximum absolute atomic E-state index is 6.63. The van der Waals surface area contributed by atoms with Gasteiger partial charge in [0, 0.05) is 87.5 Å². The summed E-state index contributed by atoms with van der Waals surface area (Å²) < 4.78 is 13.2. The predicted octanol–water partition coefficient (Wildman–Crippen LogP) is 27.7. The predicted molar refractivity (Wildman–Crippen MR) is 514 cm³/mol. The lowest BCUT2D eigenvalue weighted by atomic mass is 9.31. The van der Waals surface area contributed by atoms with Gasteiger partial charge in [-0.1, -0.05) is 358 Å². The van der Waals surface area contributed by atoms with E-state index in [0.717, 1.165) is 99.9 Å². The number of fused-ring (bicyclic) bond motifs is 14. The third-order valence-corrected chi connectivity index (χ3v) is 28.5. The first kappa shape index (κ1) is 76.5. The fourth-order valence-corrected chi connectivity index (χ4v) is 21.8. The van der Waals surface area contributed by atoms with Gasteiger partial charge < -0.3 is 18.6 Å². The van der Waals surface area contributed by atoms with Crippen LogP contribution >= 0.6 is 23.5 Å². The monoisotopic (exact) mass is 1580 g/mol. The van der Waals surface area contributed by atoms with Crippen LogP contribution in [0.1, 0.15) is 140 Å². The first-order valence-electron chi connectivity index (χ1n) is 42.7. The van der Waals surface area contributed by atoms with E-state index in [9.17, 15) is 0 Å². The van der Waals surface area contributed by atoms with Crippen LogP contribution in [0, 0.1) is 17.3 Å². The summed E-state index contributed by atoms with van der Waals surface area (Å²) in [5.74, 6) is 0.342. The highest BCUT2D eigenvalue weighted by molar-refractivity contribution is 8.00. The van der Waals surface area contributed by atoms with E-state index in [0.29, 0.717) is 6.54 Å². The van der Waals surface area contributed by atoms with Crippen molar-refractivity contribution < 1.29 is 8.83 Å². The van der Waals surface area contributed by atoms with Crippen LogP contribution in [-0.2, 0) is 21.7 Å². The molecule has 119 heavy (non-hydrogen) atoms. The van der Waals surface area contributed by atoms with E-state index in [1.807, 2.05) is 23.5 Å². The molecule has 8 heteroatoms. The molecule has 4 aliphatic heterocycles. The van der Waals surface area contributed by atoms with Gasteiger partial charge in [0.25, 0.3) is 0 Å². The largest absolute Gasteiger partial charge is 0.456 e. The third-order valence-electron chi connectivity index (χ3n) is 26.2. The number of anilines is 5. The Hall–Kier alpha value is -11.2. The highest BCUT2D eigenvalue weighted by atomic mass is 32.2. The number of rotatable bonds is 11. The summed E-state index contributed by atoms with van der Waals surface area (Å²) in [6, 6.07) is 106. The molecule has 0 N–H and O–H groups in total. The zero-order chi connectivity index (χ0) is 82.4. The molecule has 0 spiro atoms. The van der Waals surface area contributed by atoms with Crippen LogP contribution in [0.4, 0.5) is 28.4 Å². The van der Waals surface area contributed by atoms with Crippen molar-refractivity contribution in [1.29, 1.82) is 0 Å². The average molecular weight is 1580 g/mol. The zero-order valence-electron chi connectivity index (χ0n) is 71.7. The number of benzene rings is 14. The van der Waals surface area contributed by atoms with E-state index in [1.54, 1.807) is 0 Å². The number of para-hydroxylation sites is 3. The van der Waals surface area contributed by atoms with Crippen molar-refractivity contribution in [2.75, 3.05) is 16.3 Å². The molecule has 16 aromatic rings. The molecule has 20 rings (SSSR count). The smallest absolute Gasteiger partial charge is 0.249 e. The second-order valence-corrected chi connectivity index (χ2v) is 41.7. The Labute approximate surface area is 712 Å². The van der Waals surface area contributed by atoms with Crippen molar-refractivity contribution in [3.63, 3.8) is 0 Å². The Bertz CT molecular complexity index is 6760. The molecule has 1 unspecified atom stereocenters. The third kappa shape index (κ3) is 13.2. The Kier molecular flexibility index (Phi) is 18.0. The normalized spacial score (nSPS) is 14.1. The standard InChI is InChI=1S/C111H102B2N2O2S2/c1-65(2)87(66(3)107(4,5)6)64-114-92-63-93-91(62-90(92)112-88-44-40-71(73-48-77(108(7,8)9)60-78(49-73)109(10,11)12)56-100(88)118-102-58-75(54-94(114)104(102)112)69-42-46-98-85(52-69)83-34-25-27-38-96(83)116-98)113-89-45-41-72(74-50-79(110(13,14)15)61-80(51-74)111(16,17)18)57-101(89)119-103-59-76(70-43-47-99-86(53-70)84-35-26-28-39-97(84)117-99)55-95(105(103)113)115(93)106-81(67-30-21-19-22-31-67)36-29-37-82(106)68-32-23-20-24-33-68/h19-63,65,87H,3,64H2,1-2,4-18H3. The van der Waals surface area contributed by atoms with E-state index >= 15 is 0 Å². The van der Waals surface area contributed by atoms with Gasteiger partial charge in [0.15, 0.2) is 0 Å². The lowest BCUT2D eigenvalue weighted by Crippen LogP contribution is -2.64. The molecule has 0 saturated heterocycles. The quantitative estimate of drug-likeness (QED) is 0.0948. The minimum absolute atomic E-state index is 0.0632. The van der Waals surface area contributed by atoms with Gasteiger partial charge in [-0.2, -0.15) is 0 Å². The van der Waals surface area contributed by atoms with Crippen LogP contribution in [0.3, 0.4) is 0 Å². The van der Waals surface area contributed by atoms with Crippen LogP contribution in [0.25, 0.3) is 111 Å². The Morgan fingerprint density at radius 2 is 0.714 bits per heavy atom. The van der Waals surface area contributed by atoms with Gasteiger partial charge in [0.1, 0.15) is 22.3 Å². The van der Waals surface area contributed by atoms with Crippen molar-refractivity contribution in [2.24, 2.45) is 17.3 Å². The van der Waals surface area contributed by atoms with Gasteiger partial charge in [-0.3, -0.25) is 0 Å². The van der Waals surface area contributed by atoms with E-state index in [1.165, 1.54) is 119 Å². The minimum atomic E-state index is -0.201. The molecule has 0 bridgehead atoms. The van der Waals surface area contributed by atoms with E-state index in [-0.39, 0.29) is 52.3 Å². The van der Waals surface area contributed by atoms with E-state index < -0.39 is 0 Å². The first-order valence-corrected chi connectivity index (χ1v) is 44.3. The van der Waals surface area contributed by atoms with Gasteiger partial charge in [-0.25, -0.2) is 0 Å². The molecule has 0 radical (unpaired) electrons. The molecule has 6 heterocycles. The Morgan fingerprint density at radius 1 is 0.328 bits per heavy atom. The van der Waals surface area contributed by atoms with E-state index in [4.69, 9.17) is 15.4 Å². The van der Waals surface area contributed by atoms with E-state index in [2.05, 4.69) is 400 Å². The van der Waals surface area contributed by atoms with Crippen LogP contribution in [0.15, 0.2) is 314 Å². The number of hydrogen-bond donors (Lipinski definition) is 0. The van der Waals surface area contributed by atoms with Crippen LogP contribution < -0.4 is 42.6 Å². The Balaban J connectivity index is 0.917. The molecule has 0 aliphatic carbocycles. The number of hydrogen-bond acceptors (Lipinski definition) is 6. The summed E-state index contributed by atoms with van der Waals surface area (Å²) in [5, 5.41) is 4.45. The van der Waals surface area contributed by atoms with Crippen LogP contribution in [0.5, 0.6) is 0 Å². The maximum Gasteiger partial charge on any atom is 0.249 e. The average Bonchev–Trinajstić information content (AvgIpc) is 1.10. The summed E-state index contributed by atoms with van der Waals surface area (Å²) in [5.41, 5.74) is 37.7.